The zero-order valence-corrected chi connectivity index (χ0v) is 20.8. The monoisotopic (exact) mass is 499 g/mol. The van der Waals surface area contributed by atoms with Gasteiger partial charge >= 0.3 is 5.97 Å². The number of amides is 2. The molecule has 1 fully saturated rings. The fourth-order valence-electron chi connectivity index (χ4n) is 3.73. The van der Waals surface area contributed by atoms with Crippen LogP contribution in [0.3, 0.4) is 0 Å². The first-order chi connectivity index (χ1) is 16.9. The summed E-state index contributed by atoms with van der Waals surface area (Å²) in [4.78, 5) is 41.3. The number of methoxy groups -OCH3 is 2. The van der Waals surface area contributed by atoms with Gasteiger partial charge in [-0.3, -0.25) is 14.5 Å². The van der Waals surface area contributed by atoms with Crippen molar-refractivity contribution in [1.29, 1.82) is 0 Å². The van der Waals surface area contributed by atoms with Gasteiger partial charge in [-0.05, 0) is 74.1 Å². The topological polar surface area (TPSA) is 97.4 Å². The van der Waals surface area contributed by atoms with Crippen LogP contribution in [-0.2, 0) is 19.1 Å². The molecule has 9 nitrogen and oxygen atoms in total. The van der Waals surface area contributed by atoms with Gasteiger partial charge in [-0.1, -0.05) is 0 Å². The van der Waals surface area contributed by atoms with Crippen molar-refractivity contribution in [2.75, 3.05) is 44.2 Å². The van der Waals surface area contributed by atoms with E-state index in [1.54, 1.807) is 74.6 Å². The zero-order valence-electron chi connectivity index (χ0n) is 20.0. The van der Waals surface area contributed by atoms with E-state index in [0.717, 1.165) is 0 Å². The Kier molecular flexibility index (Phi) is 9.16. The summed E-state index contributed by atoms with van der Waals surface area (Å²) < 4.78 is 15.3. The fourth-order valence-corrected chi connectivity index (χ4v) is 4.14. The summed E-state index contributed by atoms with van der Waals surface area (Å²) >= 11 is 5.64. The van der Waals surface area contributed by atoms with Gasteiger partial charge in [0.15, 0.2) is 5.11 Å². The van der Waals surface area contributed by atoms with E-state index in [4.69, 9.17) is 26.4 Å². The molecule has 0 radical (unpaired) electrons. The predicted molar refractivity (Wildman–Crippen MR) is 136 cm³/mol. The van der Waals surface area contributed by atoms with Gasteiger partial charge in [-0.25, -0.2) is 4.79 Å². The van der Waals surface area contributed by atoms with Crippen LogP contribution in [0.2, 0.25) is 0 Å². The predicted octanol–water partition coefficient (Wildman–Crippen LogP) is 3.24. The maximum Gasteiger partial charge on any atom is 0.338 e. The molecular formula is C25H29N3O6S. The number of carbonyl (C=O) groups is 3. The van der Waals surface area contributed by atoms with Gasteiger partial charge in [-0.2, -0.15) is 0 Å². The highest BCUT2D eigenvalue weighted by Gasteiger charge is 2.43. The highest BCUT2D eigenvalue weighted by atomic mass is 32.1. The van der Waals surface area contributed by atoms with Crippen molar-refractivity contribution in [1.82, 2.24) is 4.90 Å². The molecule has 1 aliphatic heterocycles. The number of hydrogen-bond acceptors (Lipinski definition) is 7. The Morgan fingerprint density at radius 2 is 1.74 bits per heavy atom. The van der Waals surface area contributed by atoms with Crippen molar-refractivity contribution in [2.24, 2.45) is 0 Å². The van der Waals surface area contributed by atoms with Crippen LogP contribution < -0.4 is 15.0 Å². The first kappa shape index (κ1) is 26.1. The molecule has 2 amide bonds. The summed E-state index contributed by atoms with van der Waals surface area (Å²) in [6, 6.07) is 12.6. The summed E-state index contributed by atoms with van der Waals surface area (Å²) in [6.07, 6.45) is 0.562. The van der Waals surface area contributed by atoms with E-state index in [2.05, 4.69) is 5.32 Å². The summed E-state index contributed by atoms with van der Waals surface area (Å²) in [5.74, 6) is -0.386. The third kappa shape index (κ3) is 6.34. The van der Waals surface area contributed by atoms with Gasteiger partial charge in [0.2, 0.25) is 5.91 Å². The number of thiocarbonyl (C=S) groups is 1. The average Bonchev–Trinajstić information content (AvgIpc) is 3.08. The summed E-state index contributed by atoms with van der Waals surface area (Å²) in [5, 5.41) is 3.13. The number of nitrogens with zero attached hydrogens (tertiary/aromatic N) is 2. The van der Waals surface area contributed by atoms with Crippen LogP contribution in [0.1, 0.15) is 30.1 Å². The Morgan fingerprint density at radius 3 is 2.34 bits per heavy atom. The smallest absolute Gasteiger partial charge is 0.338 e. The van der Waals surface area contributed by atoms with Crippen molar-refractivity contribution in [3.05, 3.63) is 54.1 Å². The molecule has 0 unspecified atom stereocenters. The first-order valence-corrected chi connectivity index (χ1v) is 11.6. The standard InChI is InChI=1S/C25H29N3O6S/c1-4-34-24(31)17-6-8-18(9-7-17)26-22(29)16-21-23(30)28(19-10-12-20(33-3)13-11-19)25(35)27(21)14-5-15-32-2/h6-13,21H,4-5,14-16H2,1-3H3,(H,26,29)/t21-/m1/s1. The van der Waals surface area contributed by atoms with Gasteiger partial charge < -0.3 is 24.4 Å². The molecule has 0 spiro atoms. The number of anilines is 2. The van der Waals surface area contributed by atoms with Crippen LogP contribution in [-0.4, -0.2) is 67.8 Å². The van der Waals surface area contributed by atoms with Gasteiger partial charge in [0, 0.05) is 25.9 Å². The normalized spacial score (nSPS) is 15.3. The minimum absolute atomic E-state index is 0.0851. The first-order valence-electron chi connectivity index (χ1n) is 11.2. The molecule has 0 aromatic heterocycles. The van der Waals surface area contributed by atoms with E-state index < -0.39 is 12.0 Å². The fraction of sp³-hybridized carbons (Fsp3) is 0.360. The third-order valence-electron chi connectivity index (χ3n) is 5.46. The Labute approximate surface area is 209 Å². The van der Waals surface area contributed by atoms with Gasteiger partial charge in [0.25, 0.3) is 5.91 Å². The van der Waals surface area contributed by atoms with Crippen LogP contribution >= 0.6 is 12.2 Å². The molecule has 0 bridgehead atoms. The maximum absolute atomic E-state index is 13.4. The third-order valence-corrected chi connectivity index (χ3v) is 5.87. The summed E-state index contributed by atoms with van der Waals surface area (Å²) in [7, 11) is 3.17. The Morgan fingerprint density at radius 1 is 1.06 bits per heavy atom. The molecule has 1 N–H and O–H groups in total. The number of carbonyl (C=O) groups excluding carboxylic acids is 3. The SMILES string of the molecule is CCOC(=O)c1ccc(NC(=O)C[C@@H]2C(=O)N(c3ccc(OC)cc3)C(=S)N2CCCOC)cc1. The van der Waals surface area contributed by atoms with Gasteiger partial charge in [-0.15, -0.1) is 0 Å². The Balaban J connectivity index is 1.74. The number of benzene rings is 2. The molecule has 35 heavy (non-hydrogen) atoms. The molecule has 3 rings (SSSR count). The van der Waals surface area contributed by atoms with E-state index in [1.807, 2.05) is 0 Å². The summed E-state index contributed by atoms with van der Waals surface area (Å²) in [5.41, 5.74) is 1.50. The highest BCUT2D eigenvalue weighted by molar-refractivity contribution is 7.80. The molecule has 10 heteroatoms. The Hall–Kier alpha value is -3.50. The van der Waals surface area contributed by atoms with Crippen LogP contribution in [0.5, 0.6) is 5.75 Å². The van der Waals surface area contributed by atoms with E-state index in [9.17, 15) is 14.4 Å². The lowest BCUT2D eigenvalue weighted by atomic mass is 10.1. The molecule has 1 heterocycles. The molecule has 2 aromatic rings. The van der Waals surface area contributed by atoms with Crippen molar-refractivity contribution in [3.63, 3.8) is 0 Å². The Bertz CT molecular complexity index is 1060. The molecule has 1 saturated heterocycles. The molecule has 2 aromatic carbocycles. The molecular weight excluding hydrogens is 470 g/mol. The number of hydrogen-bond donors (Lipinski definition) is 1. The lowest BCUT2D eigenvalue weighted by Crippen LogP contribution is -2.38. The number of ether oxygens (including phenoxy) is 3. The maximum atomic E-state index is 13.4. The quantitative estimate of drug-likeness (QED) is 0.286. The van der Waals surface area contributed by atoms with E-state index in [0.29, 0.717) is 47.4 Å². The number of esters is 1. The number of rotatable bonds is 11. The zero-order chi connectivity index (χ0) is 25.4. The minimum Gasteiger partial charge on any atom is -0.497 e. The molecule has 1 atom stereocenters. The lowest BCUT2D eigenvalue weighted by molar-refractivity contribution is -0.124. The second kappa shape index (κ2) is 12.3. The highest BCUT2D eigenvalue weighted by Crippen LogP contribution is 2.29. The second-order valence-corrected chi connectivity index (χ2v) is 8.13. The van der Waals surface area contributed by atoms with Gasteiger partial charge in [0.05, 0.1) is 31.4 Å². The largest absolute Gasteiger partial charge is 0.497 e. The summed E-state index contributed by atoms with van der Waals surface area (Å²) in [6.45, 7) is 2.98. The minimum atomic E-state index is -0.750. The van der Waals surface area contributed by atoms with E-state index in [1.165, 1.54) is 4.90 Å². The van der Waals surface area contributed by atoms with Gasteiger partial charge in [0.1, 0.15) is 11.8 Å². The molecule has 186 valence electrons. The molecule has 0 saturated carbocycles. The number of nitrogens with one attached hydrogen (secondary N) is 1. The van der Waals surface area contributed by atoms with E-state index in [-0.39, 0.29) is 24.8 Å². The second-order valence-electron chi connectivity index (χ2n) is 7.76. The molecule has 1 aliphatic rings. The van der Waals surface area contributed by atoms with Crippen molar-refractivity contribution in [2.45, 2.75) is 25.8 Å². The van der Waals surface area contributed by atoms with E-state index >= 15 is 0 Å². The average molecular weight is 500 g/mol. The van der Waals surface area contributed by atoms with Crippen LogP contribution in [0.15, 0.2) is 48.5 Å². The van der Waals surface area contributed by atoms with Crippen LogP contribution in [0.4, 0.5) is 11.4 Å². The van der Waals surface area contributed by atoms with Crippen molar-refractivity contribution < 1.29 is 28.6 Å². The van der Waals surface area contributed by atoms with Crippen molar-refractivity contribution in [3.8, 4) is 5.75 Å². The van der Waals surface area contributed by atoms with Crippen molar-refractivity contribution >= 4 is 46.5 Å². The molecule has 0 aliphatic carbocycles. The van der Waals surface area contributed by atoms with Crippen LogP contribution in [0, 0.1) is 0 Å². The van der Waals surface area contributed by atoms with Crippen LogP contribution in [0.25, 0.3) is 0 Å². The lowest BCUT2D eigenvalue weighted by Gasteiger charge is -2.23.